The molecule has 0 saturated heterocycles. The molecular weight excluding hydrogens is 288 g/mol. The third kappa shape index (κ3) is 3.08. The molecule has 1 aliphatic rings. The number of aliphatic carboxylic acids is 1. The van der Waals surface area contributed by atoms with E-state index in [1.807, 2.05) is 0 Å². The fourth-order valence-electron chi connectivity index (χ4n) is 2.44. The molecule has 1 aromatic rings. The quantitative estimate of drug-likeness (QED) is 0.641. The number of hydrogen-bond acceptors (Lipinski definition) is 4. The number of rotatable bonds is 6. The van der Waals surface area contributed by atoms with Crippen LogP contribution in [0.15, 0.2) is 18.2 Å². The van der Waals surface area contributed by atoms with E-state index in [9.17, 15) is 19.7 Å². The second-order valence-electron chi connectivity index (χ2n) is 5.41. The molecule has 1 unspecified atom stereocenters. The van der Waals surface area contributed by atoms with Gasteiger partial charge in [0.2, 0.25) is 0 Å². The van der Waals surface area contributed by atoms with Gasteiger partial charge in [-0.05, 0) is 32.3 Å². The van der Waals surface area contributed by atoms with Gasteiger partial charge in [0, 0.05) is 23.2 Å². The van der Waals surface area contributed by atoms with Gasteiger partial charge in [-0.25, -0.2) is 4.79 Å². The SMILES string of the molecule is CCc1ccc(C(=O)N(C2CC2)C(C)C(=O)O)cc1[N+](=O)[O-]. The van der Waals surface area contributed by atoms with Gasteiger partial charge in [0.05, 0.1) is 4.92 Å². The van der Waals surface area contributed by atoms with Gasteiger partial charge >= 0.3 is 5.97 Å². The predicted octanol–water partition coefficient (Wildman–Crippen LogP) is 2.23. The van der Waals surface area contributed by atoms with Crippen LogP contribution in [0, 0.1) is 10.1 Å². The first-order chi connectivity index (χ1) is 10.4. The first-order valence-electron chi connectivity index (χ1n) is 7.19. The largest absolute Gasteiger partial charge is 0.480 e. The second kappa shape index (κ2) is 6.13. The Bertz CT molecular complexity index is 624. The number of amides is 1. The summed E-state index contributed by atoms with van der Waals surface area (Å²) in [5.41, 5.74) is 0.599. The summed E-state index contributed by atoms with van der Waals surface area (Å²) in [4.78, 5) is 35.7. The average molecular weight is 306 g/mol. The zero-order valence-electron chi connectivity index (χ0n) is 12.5. The highest BCUT2D eigenvalue weighted by Gasteiger charge is 2.39. The van der Waals surface area contributed by atoms with Crippen molar-refractivity contribution in [1.82, 2.24) is 4.90 Å². The number of benzene rings is 1. The van der Waals surface area contributed by atoms with E-state index in [-0.39, 0.29) is 17.3 Å². The van der Waals surface area contributed by atoms with Gasteiger partial charge in [-0.2, -0.15) is 0 Å². The molecule has 0 aliphatic heterocycles. The van der Waals surface area contributed by atoms with E-state index in [0.717, 1.165) is 12.8 Å². The van der Waals surface area contributed by atoms with Gasteiger partial charge in [0.25, 0.3) is 11.6 Å². The molecule has 1 N–H and O–H groups in total. The fourth-order valence-corrected chi connectivity index (χ4v) is 2.44. The summed E-state index contributed by atoms with van der Waals surface area (Å²) in [6, 6.07) is 3.28. The van der Waals surface area contributed by atoms with Crippen molar-refractivity contribution in [3.05, 3.63) is 39.4 Å². The Morgan fingerprint density at radius 3 is 2.55 bits per heavy atom. The molecule has 7 heteroatoms. The molecule has 1 fully saturated rings. The molecular formula is C15H18N2O5. The summed E-state index contributed by atoms with van der Waals surface area (Å²) in [5, 5.41) is 20.2. The van der Waals surface area contributed by atoms with Crippen LogP contribution < -0.4 is 0 Å². The lowest BCUT2D eigenvalue weighted by molar-refractivity contribution is -0.385. The predicted molar refractivity (Wildman–Crippen MR) is 78.8 cm³/mol. The van der Waals surface area contributed by atoms with Crippen molar-refractivity contribution in [3.8, 4) is 0 Å². The standard InChI is InChI=1S/C15H18N2O5/c1-3-10-4-5-11(8-13(10)17(21)22)14(18)16(12-6-7-12)9(2)15(19)20/h4-5,8-9,12H,3,6-7H2,1-2H3,(H,19,20). The first-order valence-corrected chi connectivity index (χ1v) is 7.19. The van der Waals surface area contributed by atoms with Crippen LogP contribution in [0.1, 0.15) is 42.6 Å². The molecule has 118 valence electrons. The Kier molecular flexibility index (Phi) is 4.44. The van der Waals surface area contributed by atoms with Crippen molar-refractivity contribution >= 4 is 17.6 Å². The van der Waals surface area contributed by atoms with Crippen molar-refractivity contribution < 1.29 is 19.6 Å². The zero-order chi connectivity index (χ0) is 16.4. The van der Waals surface area contributed by atoms with Crippen LogP contribution in [0.4, 0.5) is 5.69 Å². The first kappa shape index (κ1) is 15.9. The van der Waals surface area contributed by atoms with E-state index in [1.165, 1.54) is 24.0 Å². The number of nitro groups is 1. The molecule has 0 heterocycles. The maximum atomic E-state index is 12.6. The third-order valence-corrected chi connectivity index (χ3v) is 3.86. The van der Waals surface area contributed by atoms with E-state index >= 15 is 0 Å². The van der Waals surface area contributed by atoms with E-state index < -0.39 is 22.8 Å². The van der Waals surface area contributed by atoms with Crippen LogP contribution in [0.25, 0.3) is 0 Å². The van der Waals surface area contributed by atoms with Gasteiger partial charge in [-0.1, -0.05) is 13.0 Å². The maximum Gasteiger partial charge on any atom is 0.326 e. The van der Waals surface area contributed by atoms with Crippen LogP contribution >= 0.6 is 0 Å². The van der Waals surface area contributed by atoms with Crippen molar-refractivity contribution in [3.63, 3.8) is 0 Å². The van der Waals surface area contributed by atoms with E-state index in [1.54, 1.807) is 13.0 Å². The van der Waals surface area contributed by atoms with Gasteiger partial charge in [0.15, 0.2) is 0 Å². The Morgan fingerprint density at radius 1 is 1.45 bits per heavy atom. The molecule has 0 bridgehead atoms. The van der Waals surface area contributed by atoms with Gasteiger partial charge in [-0.3, -0.25) is 14.9 Å². The molecule has 0 spiro atoms. The summed E-state index contributed by atoms with van der Waals surface area (Å²) in [7, 11) is 0. The molecule has 1 amide bonds. The number of carbonyl (C=O) groups excluding carboxylic acids is 1. The number of carboxylic acid groups (broad SMARTS) is 1. The van der Waals surface area contributed by atoms with Crippen LogP contribution in [0.5, 0.6) is 0 Å². The molecule has 1 saturated carbocycles. The zero-order valence-corrected chi connectivity index (χ0v) is 12.5. The van der Waals surface area contributed by atoms with Crippen LogP contribution in [0.2, 0.25) is 0 Å². The van der Waals surface area contributed by atoms with Crippen LogP contribution in [-0.2, 0) is 11.2 Å². The third-order valence-electron chi connectivity index (χ3n) is 3.86. The molecule has 1 atom stereocenters. The van der Waals surface area contributed by atoms with Crippen LogP contribution in [-0.4, -0.2) is 38.9 Å². The molecule has 22 heavy (non-hydrogen) atoms. The highest BCUT2D eigenvalue weighted by atomic mass is 16.6. The Morgan fingerprint density at radius 2 is 2.09 bits per heavy atom. The number of aryl methyl sites for hydroxylation is 1. The minimum absolute atomic E-state index is 0.0940. The Balaban J connectivity index is 2.37. The average Bonchev–Trinajstić information content (AvgIpc) is 3.31. The second-order valence-corrected chi connectivity index (χ2v) is 5.41. The molecule has 1 aliphatic carbocycles. The minimum Gasteiger partial charge on any atom is -0.480 e. The van der Waals surface area contributed by atoms with Crippen molar-refractivity contribution in [2.75, 3.05) is 0 Å². The molecule has 7 nitrogen and oxygen atoms in total. The maximum absolute atomic E-state index is 12.6. The lowest BCUT2D eigenvalue weighted by atomic mass is 10.1. The van der Waals surface area contributed by atoms with E-state index in [0.29, 0.717) is 12.0 Å². The smallest absolute Gasteiger partial charge is 0.326 e. The van der Waals surface area contributed by atoms with Crippen molar-refractivity contribution in [2.24, 2.45) is 0 Å². The van der Waals surface area contributed by atoms with E-state index in [4.69, 9.17) is 5.11 Å². The topological polar surface area (TPSA) is 101 Å². The van der Waals surface area contributed by atoms with Crippen molar-refractivity contribution in [1.29, 1.82) is 0 Å². The highest BCUT2D eigenvalue weighted by Crippen LogP contribution is 2.31. The van der Waals surface area contributed by atoms with Crippen LogP contribution in [0.3, 0.4) is 0 Å². The normalized spacial score (nSPS) is 15.2. The lowest BCUT2D eigenvalue weighted by Gasteiger charge is -2.26. The lowest BCUT2D eigenvalue weighted by Crippen LogP contribution is -2.44. The highest BCUT2D eigenvalue weighted by molar-refractivity contribution is 5.97. The minimum atomic E-state index is -1.08. The molecule has 2 rings (SSSR count). The number of carbonyl (C=O) groups is 2. The molecule has 0 radical (unpaired) electrons. The number of hydrogen-bond donors (Lipinski definition) is 1. The number of carboxylic acids is 1. The van der Waals surface area contributed by atoms with Crippen molar-refractivity contribution in [2.45, 2.75) is 45.2 Å². The monoisotopic (exact) mass is 306 g/mol. The van der Waals surface area contributed by atoms with Gasteiger partial charge in [0.1, 0.15) is 6.04 Å². The summed E-state index contributed by atoms with van der Waals surface area (Å²) in [6.07, 6.45) is 2.01. The number of nitrogens with zero attached hydrogens (tertiary/aromatic N) is 2. The Labute approximate surface area is 127 Å². The summed E-state index contributed by atoms with van der Waals surface area (Å²) in [6.45, 7) is 3.25. The molecule has 1 aromatic carbocycles. The summed E-state index contributed by atoms with van der Waals surface area (Å²) >= 11 is 0. The van der Waals surface area contributed by atoms with Gasteiger partial charge < -0.3 is 10.0 Å². The van der Waals surface area contributed by atoms with E-state index in [2.05, 4.69) is 0 Å². The van der Waals surface area contributed by atoms with Gasteiger partial charge in [-0.15, -0.1) is 0 Å². The number of nitro benzene ring substituents is 1. The summed E-state index contributed by atoms with van der Waals surface area (Å²) in [5.74, 6) is -1.55. The fraction of sp³-hybridized carbons (Fsp3) is 0.467. The Hall–Kier alpha value is -2.44. The summed E-state index contributed by atoms with van der Waals surface area (Å²) < 4.78 is 0. The molecule has 0 aromatic heterocycles.